The topological polar surface area (TPSA) is 138 Å². The van der Waals surface area contributed by atoms with Crippen LogP contribution in [0.25, 0.3) is 10.9 Å². The number of fused-ring (bicyclic) bond motifs is 2. The van der Waals surface area contributed by atoms with E-state index in [0.717, 1.165) is 6.39 Å². The molecule has 0 radical (unpaired) electrons. The number of nitrogens with one attached hydrogen (secondary N) is 2. The smallest absolute Gasteiger partial charge is 0.341 e. The van der Waals surface area contributed by atoms with Gasteiger partial charge < -0.3 is 18.6 Å². The molecule has 1 aliphatic heterocycles. The normalized spacial score (nSPS) is 12.0. The second-order valence-corrected chi connectivity index (χ2v) is 5.33. The number of aromatic nitrogens is 3. The van der Waals surface area contributed by atoms with Crippen LogP contribution in [-0.2, 0) is 4.74 Å². The van der Waals surface area contributed by atoms with E-state index in [4.69, 9.17) is 18.6 Å². The molecule has 11 nitrogen and oxygen atoms in total. The van der Waals surface area contributed by atoms with E-state index < -0.39 is 12.0 Å². The first-order valence-electron chi connectivity index (χ1n) is 7.89. The van der Waals surface area contributed by atoms with Crippen LogP contribution >= 0.6 is 0 Å². The number of carbonyl (C=O) groups excluding carboxylic acids is 2. The Morgan fingerprint density at radius 3 is 2.74 bits per heavy atom. The van der Waals surface area contributed by atoms with E-state index in [1.165, 1.54) is 0 Å². The van der Waals surface area contributed by atoms with Gasteiger partial charge in [-0.15, -0.1) is 5.10 Å². The number of urea groups is 1. The van der Waals surface area contributed by atoms with Crippen LogP contribution in [0.4, 0.5) is 16.6 Å². The first kappa shape index (κ1) is 16.6. The molecule has 0 atom stereocenters. The molecule has 0 unspecified atom stereocenters. The molecule has 2 N–H and O–H groups in total. The van der Waals surface area contributed by atoms with E-state index >= 15 is 0 Å². The number of amides is 2. The van der Waals surface area contributed by atoms with Gasteiger partial charge in [-0.3, -0.25) is 10.6 Å². The number of carbonyl (C=O) groups is 2. The summed E-state index contributed by atoms with van der Waals surface area (Å²) in [5, 5.41) is 12.4. The molecule has 27 heavy (non-hydrogen) atoms. The van der Waals surface area contributed by atoms with E-state index in [9.17, 15) is 9.59 Å². The lowest BCUT2D eigenvalue weighted by molar-refractivity contribution is 0.0527. The van der Waals surface area contributed by atoms with E-state index in [0.29, 0.717) is 22.4 Å². The van der Waals surface area contributed by atoms with Crippen molar-refractivity contribution in [2.75, 3.05) is 24.0 Å². The average Bonchev–Trinajstić information content (AvgIpc) is 3.30. The first-order chi connectivity index (χ1) is 13.1. The molecule has 0 aliphatic carbocycles. The average molecular weight is 371 g/mol. The molecule has 0 spiro atoms. The zero-order valence-corrected chi connectivity index (χ0v) is 14.0. The van der Waals surface area contributed by atoms with Gasteiger partial charge in [0.15, 0.2) is 11.5 Å². The van der Waals surface area contributed by atoms with Crippen molar-refractivity contribution in [3.8, 4) is 11.5 Å². The number of nitrogens with zero attached hydrogens (tertiary/aromatic N) is 3. The fraction of sp³-hybridized carbons (Fsp3) is 0.188. The van der Waals surface area contributed by atoms with Gasteiger partial charge in [0.05, 0.1) is 12.1 Å². The third kappa shape index (κ3) is 3.29. The van der Waals surface area contributed by atoms with Crippen molar-refractivity contribution in [3.63, 3.8) is 0 Å². The first-order valence-corrected chi connectivity index (χ1v) is 7.89. The molecule has 138 valence electrons. The number of anilines is 2. The Bertz CT molecular complexity index is 1020. The molecule has 1 aromatic carbocycles. The van der Waals surface area contributed by atoms with Gasteiger partial charge in [-0.1, -0.05) is 5.10 Å². The minimum Gasteiger partial charge on any atom is -0.462 e. The van der Waals surface area contributed by atoms with Crippen molar-refractivity contribution < 1.29 is 28.2 Å². The molecular weight excluding hydrogens is 358 g/mol. The number of pyridine rings is 1. The molecule has 0 saturated heterocycles. The summed E-state index contributed by atoms with van der Waals surface area (Å²) in [5.74, 6) is 0.462. The molecule has 1 aliphatic rings. The second kappa shape index (κ2) is 6.78. The van der Waals surface area contributed by atoms with Crippen molar-refractivity contribution in [1.29, 1.82) is 0 Å². The number of hydrogen-bond donors (Lipinski definition) is 2. The molecule has 3 heterocycles. The van der Waals surface area contributed by atoms with Crippen LogP contribution in [-0.4, -0.2) is 40.6 Å². The second-order valence-electron chi connectivity index (χ2n) is 5.33. The minimum absolute atomic E-state index is 0.0110. The summed E-state index contributed by atoms with van der Waals surface area (Å²) in [7, 11) is 0. The standard InChI is InChI=1S/C16H13N5O6/c1-2-24-14(22)9-3-8-4-11-12(27-7-26-11)5-10(8)18-13(9)19-15(23)20-16-21-17-6-25-16/h3-6H,2,7H2,1H3,(H2,18,19,20,21,23). The molecule has 2 amide bonds. The number of ether oxygens (including phenoxy) is 3. The van der Waals surface area contributed by atoms with Crippen LogP contribution in [0, 0.1) is 0 Å². The van der Waals surface area contributed by atoms with E-state index in [-0.39, 0.29) is 30.8 Å². The highest BCUT2D eigenvalue weighted by Gasteiger charge is 2.21. The Labute approximate surface area is 151 Å². The van der Waals surface area contributed by atoms with Crippen LogP contribution in [0.5, 0.6) is 11.5 Å². The van der Waals surface area contributed by atoms with Gasteiger partial charge in [0.1, 0.15) is 11.4 Å². The fourth-order valence-electron chi connectivity index (χ4n) is 2.49. The maximum atomic E-state index is 12.3. The van der Waals surface area contributed by atoms with E-state index in [1.807, 2.05) is 0 Å². The minimum atomic E-state index is -0.711. The molecule has 0 saturated carbocycles. The Morgan fingerprint density at radius 2 is 2.00 bits per heavy atom. The Balaban J connectivity index is 1.71. The predicted molar refractivity (Wildman–Crippen MR) is 90.8 cm³/mol. The quantitative estimate of drug-likeness (QED) is 0.661. The Morgan fingerprint density at radius 1 is 1.19 bits per heavy atom. The zero-order valence-electron chi connectivity index (χ0n) is 14.0. The lowest BCUT2D eigenvalue weighted by Crippen LogP contribution is -2.22. The molecule has 4 rings (SSSR count). The van der Waals surface area contributed by atoms with Crippen LogP contribution < -0.4 is 20.1 Å². The molecule has 0 bridgehead atoms. The maximum absolute atomic E-state index is 12.3. The van der Waals surface area contributed by atoms with Gasteiger partial charge in [-0.05, 0) is 19.1 Å². The number of benzene rings is 1. The Kier molecular flexibility index (Phi) is 4.16. The molecule has 2 aromatic heterocycles. The third-order valence-electron chi connectivity index (χ3n) is 3.62. The van der Waals surface area contributed by atoms with Gasteiger partial charge in [0.2, 0.25) is 13.2 Å². The SMILES string of the molecule is CCOC(=O)c1cc2cc3c(cc2nc1NC(=O)Nc1nnco1)OCO3. The fourth-order valence-corrected chi connectivity index (χ4v) is 2.49. The molecular formula is C16H13N5O6. The summed E-state index contributed by atoms with van der Waals surface area (Å²) in [5.41, 5.74) is 0.587. The summed E-state index contributed by atoms with van der Waals surface area (Å²) < 4.78 is 20.6. The van der Waals surface area contributed by atoms with Gasteiger partial charge in [0, 0.05) is 11.5 Å². The zero-order chi connectivity index (χ0) is 18.8. The monoisotopic (exact) mass is 371 g/mol. The van der Waals surface area contributed by atoms with Crippen molar-refractivity contribution >= 4 is 34.7 Å². The maximum Gasteiger partial charge on any atom is 0.341 e. The summed E-state index contributed by atoms with van der Waals surface area (Å²) >= 11 is 0. The molecule has 11 heteroatoms. The highest BCUT2D eigenvalue weighted by Crippen LogP contribution is 2.36. The van der Waals surface area contributed by atoms with Gasteiger partial charge in [-0.25, -0.2) is 14.6 Å². The highest BCUT2D eigenvalue weighted by molar-refractivity contribution is 6.05. The molecule has 0 fully saturated rings. The predicted octanol–water partition coefficient (Wildman–Crippen LogP) is 2.17. The van der Waals surface area contributed by atoms with Crippen LogP contribution in [0.15, 0.2) is 29.0 Å². The molecule has 3 aromatic rings. The van der Waals surface area contributed by atoms with Crippen LogP contribution in [0.3, 0.4) is 0 Å². The van der Waals surface area contributed by atoms with Crippen molar-refractivity contribution in [2.45, 2.75) is 6.92 Å². The third-order valence-corrected chi connectivity index (χ3v) is 3.62. The van der Waals surface area contributed by atoms with Crippen LogP contribution in [0.2, 0.25) is 0 Å². The van der Waals surface area contributed by atoms with Crippen LogP contribution in [0.1, 0.15) is 17.3 Å². The van der Waals surface area contributed by atoms with Crippen molar-refractivity contribution in [1.82, 2.24) is 15.2 Å². The number of rotatable bonds is 4. The lowest BCUT2D eigenvalue weighted by atomic mass is 10.1. The van der Waals surface area contributed by atoms with Gasteiger partial charge >= 0.3 is 18.0 Å². The highest BCUT2D eigenvalue weighted by atomic mass is 16.7. The number of esters is 1. The Hall–Kier alpha value is -3.89. The van der Waals surface area contributed by atoms with E-state index in [1.54, 1.807) is 25.1 Å². The summed E-state index contributed by atoms with van der Waals surface area (Å²) in [4.78, 5) is 28.8. The summed E-state index contributed by atoms with van der Waals surface area (Å²) in [6, 6.07) is 4.11. The van der Waals surface area contributed by atoms with Crippen molar-refractivity contribution in [3.05, 3.63) is 30.2 Å². The summed E-state index contributed by atoms with van der Waals surface area (Å²) in [6.45, 7) is 1.96. The summed E-state index contributed by atoms with van der Waals surface area (Å²) in [6.07, 6.45) is 1.07. The van der Waals surface area contributed by atoms with E-state index in [2.05, 4.69) is 25.8 Å². The van der Waals surface area contributed by atoms with Gasteiger partial charge in [0.25, 0.3) is 0 Å². The largest absolute Gasteiger partial charge is 0.462 e. The number of hydrogen-bond acceptors (Lipinski definition) is 9. The van der Waals surface area contributed by atoms with Gasteiger partial charge in [-0.2, -0.15) is 0 Å². The lowest BCUT2D eigenvalue weighted by Gasteiger charge is -2.11. The van der Waals surface area contributed by atoms with Crippen molar-refractivity contribution in [2.24, 2.45) is 0 Å².